The topological polar surface area (TPSA) is 151 Å². The number of amides is 3. The Hall–Kier alpha value is -4.63. The number of carbonyl (C=O) groups is 3. The number of nitrogens with one attached hydrogen (secondary N) is 2. The molecule has 2 N–H and O–H groups in total. The van der Waals surface area contributed by atoms with Crippen molar-refractivity contribution >= 4 is 17.7 Å². The van der Waals surface area contributed by atoms with Crippen molar-refractivity contribution < 1.29 is 14.4 Å². The largest absolute Gasteiger partial charge is 0.345 e. The number of aromatic nitrogens is 4. The molecule has 2 atom stereocenters. The van der Waals surface area contributed by atoms with Crippen LogP contribution >= 0.6 is 0 Å². The standard InChI is InChI=1S/C31H37N9O3/c1-19(33-18-27(41)40-12-6-7-24(40)17-32)16-31(30-34-36-37-35-30)25-10-8-20(28(42)38(2)3)13-22(25)15-23-14-21(9-11-26(23)31)29(43)39(4)5/h8-11,13-14,19,24,33H,6-7,12,15-16,18H2,1-5H3,(H,34,35,36,37)/t19-,24?/m1/s1. The predicted octanol–water partition coefficient (Wildman–Crippen LogP) is 1.72. The third-order valence-corrected chi connectivity index (χ3v) is 8.48. The Labute approximate surface area is 251 Å². The quantitative estimate of drug-likeness (QED) is 0.407. The van der Waals surface area contributed by atoms with Gasteiger partial charge in [-0.25, -0.2) is 0 Å². The summed E-state index contributed by atoms with van der Waals surface area (Å²) in [6.45, 7) is 2.68. The van der Waals surface area contributed by atoms with E-state index in [-0.39, 0.29) is 36.3 Å². The second-order valence-electron chi connectivity index (χ2n) is 11.8. The first-order valence-corrected chi connectivity index (χ1v) is 14.4. The molecular weight excluding hydrogens is 546 g/mol. The zero-order valence-electron chi connectivity index (χ0n) is 25.2. The molecule has 1 fully saturated rings. The average Bonchev–Trinajstić information content (AvgIpc) is 3.71. The molecule has 2 aliphatic rings. The van der Waals surface area contributed by atoms with Gasteiger partial charge >= 0.3 is 0 Å². The lowest BCUT2D eigenvalue weighted by atomic mass is 9.62. The van der Waals surface area contributed by atoms with Gasteiger partial charge in [-0.1, -0.05) is 17.3 Å². The summed E-state index contributed by atoms with van der Waals surface area (Å²) >= 11 is 0. The monoisotopic (exact) mass is 583 g/mol. The van der Waals surface area contributed by atoms with Gasteiger partial charge in [0.25, 0.3) is 11.8 Å². The number of aromatic amines is 1. The number of rotatable bonds is 8. The van der Waals surface area contributed by atoms with Gasteiger partial charge in [0.1, 0.15) is 6.04 Å². The van der Waals surface area contributed by atoms with Crippen LogP contribution in [0.3, 0.4) is 0 Å². The number of hydrogen-bond acceptors (Lipinski definition) is 8. The maximum absolute atomic E-state index is 13.0. The third kappa shape index (κ3) is 5.48. The molecule has 1 aromatic heterocycles. The molecule has 0 saturated carbocycles. The third-order valence-electron chi connectivity index (χ3n) is 8.48. The summed E-state index contributed by atoms with van der Waals surface area (Å²) in [4.78, 5) is 43.6. The van der Waals surface area contributed by atoms with Crippen LogP contribution in [-0.2, 0) is 16.6 Å². The van der Waals surface area contributed by atoms with Crippen molar-refractivity contribution in [3.63, 3.8) is 0 Å². The van der Waals surface area contributed by atoms with Gasteiger partial charge < -0.3 is 20.0 Å². The Morgan fingerprint density at radius 2 is 1.67 bits per heavy atom. The number of likely N-dealkylation sites (tertiary alicyclic amines) is 1. The number of tetrazole rings is 1. The highest BCUT2D eigenvalue weighted by Crippen LogP contribution is 2.48. The van der Waals surface area contributed by atoms with Gasteiger partial charge in [-0.15, -0.1) is 10.2 Å². The zero-order chi connectivity index (χ0) is 30.9. The highest BCUT2D eigenvalue weighted by atomic mass is 16.2. The smallest absolute Gasteiger partial charge is 0.253 e. The molecule has 3 amide bonds. The maximum Gasteiger partial charge on any atom is 0.253 e. The van der Waals surface area contributed by atoms with E-state index in [4.69, 9.17) is 0 Å². The van der Waals surface area contributed by atoms with E-state index in [1.54, 1.807) is 42.9 Å². The summed E-state index contributed by atoms with van der Waals surface area (Å²) in [6.07, 6.45) is 2.50. The molecule has 43 heavy (non-hydrogen) atoms. The Kier molecular flexibility index (Phi) is 8.28. The molecule has 0 spiro atoms. The first-order chi connectivity index (χ1) is 20.6. The van der Waals surface area contributed by atoms with Crippen molar-refractivity contribution in [3.8, 4) is 6.07 Å². The van der Waals surface area contributed by atoms with Gasteiger partial charge in [0.15, 0.2) is 5.82 Å². The summed E-state index contributed by atoms with van der Waals surface area (Å²) in [6, 6.07) is 13.0. The van der Waals surface area contributed by atoms with Crippen LogP contribution in [0.15, 0.2) is 36.4 Å². The Morgan fingerprint density at radius 3 is 2.19 bits per heavy atom. The van der Waals surface area contributed by atoms with E-state index in [2.05, 4.69) is 32.0 Å². The van der Waals surface area contributed by atoms with Crippen LogP contribution in [0.5, 0.6) is 0 Å². The second kappa shape index (κ2) is 11.9. The van der Waals surface area contributed by atoms with Crippen molar-refractivity contribution in [2.75, 3.05) is 41.3 Å². The Bertz CT molecular complexity index is 1510. The zero-order valence-corrected chi connectivity index (χ0v) is 25.2. The van der Waals surface area contributed by atoms with Crippen LogP contribution in [-0.4, -0.2) is 106 Å². The maximum atomic E-state index is 13.0. The van der Waals surface area contributed by atoms with Crippen molar-refractivity contribution in [1.29, 1.82) is 5.26 Å². The summed E-state index contributed by atoms with van der Waals surface area (Å²) < 4.78 is 0. The van der Waals surface area contributed by atoms with Crippen LogP contribution in [0.2, 0.25) is 0 Å². The minimum atomic E-state index is -0.895. The van der Waals surface area contributed by atoms with Crippen LogP contribution in [0, 0.1) is 11.3 Å². The van der Waals surface area contributed by atoms with E-state index in [0.717, 1.165) is 28.7 Å². The SMILES string of the molecule is C[C@H](CC1(c2nn[nH]n2)c2ccc(C(=O)N(C)C)cc2Cc2cc(C(=O)N(C)C)ccc21)NCC(=O)N1CCCC1C#N. The minimum absolute atomic E-state index is 0.0912. The van der Waals surface area contributed by atoms with E-state index in [1.807, 2.05) is 43.3 Å². The molecule has 2 aromatic carbocycles. The highest BCUT2D eigenvalue weighted by molar-refractivity contribution is 5.95. The van der Waals surface area contributed by atoms with E-state index in [9.17, 15) is 19.6 Å². The molecule has 224 valence electrons. The van der Waals surface area contributed by atoms with Crippen LogP contribution in [0.4, 0.5) is 0 Å². The van der Waals surface area contributed by atoms with E-state index >= 15 is 0 Å². The van der Waals surface area contributed by atoms with Gasteiger partial charge in [0.05, 0.1) is 18.0 Å². The molecule has 1 unspecified atom stereocenters. The van der Waals surface area contributed by atoms with E-state index < -0.39 is 5.41 Å². The molecular formula is C31H37N9O3. The molecule has 1 aliphatic carbocycles. The minimum Gasteiger partial charge on any atom is -0.345 e. The van der Waals surface area contributed by atoms with E-state index in [1.165, 1.54) is 0 Å². The fourth-order valence-corrected chi connectivity index (χ4v) is 6.43. The van der Waals surface area contributed by atoms with Crippen LogP contribution in [0.1, 0.15) is 75.0 Å². The lowest BCUT2D eigenvalue weighted by Gasteiger charge is -2.41. The highest BCUT2D eigenvalue weighted by Gasteiger charge is 2.47. The summed E-state index contributed by atoms with van der Waals surface area (Å²) in [7, 11) is 6.87. The average molecular weight is 584 g/mol. The number of H-pyrrole nitrogens is 1. The summed E-state index contributed by atoms with van der Waals surface area (Å²) in [5.41, 5.74) is 3.95. The fraction of sp³-hybridized carbons (Fsp3) is 0.452. The number of benzene rings is 2. The lowest BCUT2D eigenvalue weighted by Crippen LogP contribution is -2.46. The molecule has 3 aromatic rings. The first kappa shape index (κ1) is 29.8. The van der Waals surface area contributed by atoms with Crippen LogP contribution in [0.25, 0.3) is 0 Å². The number of nitriles is 1. The van der Waals surface area contributed by atoms with Gasteiger partial charge in [-0.3, -0.25) is 14.4 Å². The lowest BCUT2D eigenvalue weighted by molar-refractivity contribution is -0.130. The van der Waals surface area contributed by atoms with Crippen LogP contribution < -0.4 is 5.32 Å². The van der Waals surface area contributed by atoms with Crippen molar-refractivity contribution in [1.82, 2.24) is 40.6 Å². The number of fused-ring (bicyclic) bond motifs is 2. The number of hydrogen-bond donors (Lipinski definition) is 2. The molecule has 1 aliphatic heterocycles. The van der Waals surface area contributed by atoms with Crippen molar-refractivity contribution in [3.05, 3.63) is 75.6 Å². The Morgan fingerprint density at radius 1 is 1.07 bits per heavy atom. The van der Waals surface area contributed by atoms with Gasteiger partial charge in [-0.05, 0) is 79.1 Å². The first-order valence-electron chi connectivity index (χ1n) is 14.4. The summed E-state index contributed by atoms with van der Waals surface area (Å²) in [5, 5.41) is 28.3. The number of nitrogens with zero attached hydrogens (tertiary/aromatic N) is 7. The van der Waals surface area contributed by atoms with Gasteiger partial charge in [-0.2, -0.15) is 10.5 Å². The molecule has 1 saturated heterocycles. The van der Waals surface area contributed by atoms with E-state index in [0.29, 0.717) is 42.8 Å². The fourth-order valence-electron chi connectivity index (χ4n) is 6.43. The molecule has 0 radical (unpaired) electrons. The summed E-state index contributed by atoms with van der Waals surface area (Å²) in [5.74, 6) is 0.132. The Balaban J connectivity index is 1.58. The molecule has 2 heterocycles. The molecule has 5 rings (SSSR count). The predicted molar refractivity (Wildman–Crippen MR) is 158 cm³/mol. The van der Waals surface area contributed by atoms with Crippen molar-refractivity contribution in [2.24, 2.45) is 0 Å². The van der Waals surface area contributed by atoms with Crippen molar-refractivity contribution in [2.45, 2.75) is 50.1 Å². The molecule has 12 nitrogen and oxygen atoms in total. The van der Waals surface area contributed by atoms with Gasteiger partial charge in [0.2, 0.25) is 5.91 Å². The molecule has 0 bridgehead atoms. The number of carbonyl (C=O) groups excluding carboxylic acids is 3. The normalized spacial score (nSPS) is 17.4. The molecule has 12 heteroatoms. The van der Waals surface area contributed by atoms with Gasteiger partial charge in [0, 0.05) is 51.9 Å². The second-order valence-corrected chi connectivity index (χ2v) is 11.8.